The van der Waals surface area contributed by atoms with Crippen LogP contribution < -0.4 is 16.0 Å². The fourth-order valence-electron chi connectivity index (χ4n) is 5.73. The first kappa shape index (κ1) is 42.1. The summed E-state index contributed by atoms with van der Waals surface area (Å²) in [5.74, 6) is -2.26. The molecule has 4 aromatic rings. The number of nitrogens with zero attached hydrogens (tertiary/aromatic N) is 3. The quantitative estimate of drug-likeness (QED) is 0.0505. The zero-order chi connectivity index (χ0) is 39.8. The molecule has 0 saturated heterocycles. The minimum absolute atomic E-state index is 0.146. The number of esters is 1. The minimum atomic E-state index is -2.58. The second-order valence-electron chi connectivity index (χ2n) is 13.0. The molecule has 5 atom stereocenters. The lowest BCUT2D eigenvalue weighted by atomic mass is 9.94. The van der Waals surface area contributed by atoms with Gasteiger partial charge in [0.05, 0.1) is 43.4 Å². The van der Waals surface area contributed by atoms with E-state index in [-0.39, 0.29) is 13.2 Å². The van der Waals surface area contributed by atoms with Gasteiger partial charge in [-0.05, 0) is 54.5 Å². The second kappa shape index (κ2) is 20.7. The third kappa shape index (κ3) is 12.7. The monoisotopic (exact) mass is 760 g/mol. The van der Waals surface area contributed by atoms with Gasteiger partial charge in [0.2, 0.25) is 5.91 Å². The standard InChI is InChI=1S/C39H48N6O10/c1-26(46)42-32(21-33(47)35(49)23-41-36(50)30-18-16-29(17-19-30)28-13-7-4-8-14-28)34(48)22-39(53,37(51)54-2)45-24-31(43-44-45)15-9-10-20-40-38(52)55-25-27-11-5-3-6-12-27/h3-8,11-14,16-19,24,32-35,47-49,53H,9-10,15,20-23,25H2,1-2H3,(H,40,52)(H,41,50)(H,42,46)/t32?,33-,34?,35-,39?/m1/s1. The molecule has 0 aliphatic heterocycles. The highest BCUT2D eigenvalue weighted by Gasteiger charge is 2.45. The van der Waals surface area contributed by atoms with Gasteiger partial charge in [0.15, 0.2) is 0 Å². The SMILES string of the molecule is COC(=O)C(O)(CC(O)C(C[C@@H](O)[C@H](O)CNC(=O)c1ccc(-c2ccccc2)cc1)NC(C)=O)n1cc(CCCCNC(=O)OCc2ccccc2)nn1. The number of unbranched alkanes of at least 4 members (excludes halogenated alkanes) is 1. The van der Waals surface area contributed by atoms with E-state index in [1.807, 2.05) is 60.7 Å². The van der Waals surface area contributed by atoms with E-state index in [1.54, 1.807) is 24.3 Å². The number of aromatic nitrogens is 3. The van der Waals surface area contributed by atoms with Crippen molar-refractivity contribution in [2.45, 2.75) is 75.7 Å². The van der Waals surface area contributed by atoms with Crippen molar-refractivity contribution >= 4 is 23.9 Å². The number of benzene rings is 3. The van der Waals surface area contributed by atoms with Gasteiger partial charge in [0.1, 0.15) is 6.61 Å². The average Bonchev–Trinajstić information content (AvgIpc) is 3.68. The van der Waals surface area contributed by atoms with Crippen LogP contribution in [0.15, 0.2) is 91.1 Å². The number of amides is 3. The summed E-state index contributed by atoms with van der Waals surface area (Å²) in [5.41, 5.74) is 0.918. The molecule has 16 nitrogen and oxygen atoms in total. The Hall–Kier alpha value is -5.68. The summed E-state index contributed by atoms with van der Waals surface area (Å²) in [6.45, 7) is 1.30. The summed E-state index contributed by atoms with van der Waals surface area (Å²) in [6, 6.07) is 24.5. The fourth-order valence-corrected chi connectivity index (χ4v) is 5.73. The van der Waals surface area contributed by atoms with Crippen LogP contribution >= 0.6 is 0 Å². The number of aliphatic hydroxyl groups excluding tert-OH is 3. The van der Waals surface area contributed by atoms with Crippen LogP contribution in [-0.2, 0) is 37.8 Å². The summed E-state index contributed by atoms with van der Waals surface area (Å²) < 4.78 is 10.8. The molecule has 3 aromatic carbocycles. The van der Waals surface area contributed by atoms with Gasteiger partial charge < -0.3 is 45.9 Å². The maximum atomic E-state index is 12.9. The number of aryl methyl sites for hydroxylation is 1. The van der Waals surface area contributed by atoms with E-state index in [4.69, 9.17) is 9.47 Å². The van der Waals surface area contributed by atoms with Crippen LogP contribution in [0.1, 0.15) is 54.2 Å². The first-order valence-corrected chi connectivity index (χ1v) is 17.8. The van der Waals surface area contributed by atoms with Crippen molar-refractivity contribution in [3.63, 3.8) is 0 Å². The number of rotatable bonds is 20. The van der Waals surface area contributed by atoms with E-state index >= 15 is 0 Å². The van der Waals surface area contributed by atoms with Gasteiger partial charge in [-0.25, -0.2) is 14.3 Å². The first-order valence-electron chi connectivity index (χ1n) is 17.8. The molecule has 3 amide bonds. The highest BCUT2D eigenvalue weighted by molar-refractivity contribution is 5.94. The van der Waals surface area contributed by atoms with E-state index in [0.29, 0.717) is 37.1 Å². The van der Waals surface area contributed by atoms with Crippen LogP contribution in [0.4, 0.5) is 4.79 Å². The Labute approximate surface area is 318 Å². The van der Waals surface area contributed by atoms with E-state index in [9.17, 15) is 39.6 Å². The maximum Gasteiger partial charge on any atom is 0.407 e. The molecule has 0 fully saturated rings. The molecular formula is C39H48N6O10. The molecular weight excluding hydrogens is 712 g/mol. The van der Waals surface area contributed by atoms with Crippen molar-refractivity contribution in [3.05, 3.63) is 108 Å². The fraction of sp³-hybridized carbons (Fsp3) is 0.385. The molecule has 16 heteroatoms. The van der Waals surface area contributed by atoms with Gasteiger partial charge in [0, 0.05) is 32.0 Å². The Morgan fingerprint density at radius 3 is 2.15 bits per heavy atom. The molecule has 0 aliphatic rings. The van der Waals surface area contributed by atoms with Crippen molar-refractivity contribution in [1.82, 2.24) is 30.9 Å². The van der Waals surface area contributed by atoms with Crippen LogP contribution in [0.5, 0.6) is 0 Å². The third-order valence-electron chi connectivity index (χ3n) is 8.79. The predicted octanol–water partition coefficient (Wildman–Crippen LogP) is 1.81. The number of carbonyl (C=O) groups is 4. The molecule has 1 heterocycles. The van der Waals surface area contributed by atoms with Crippen LogP contribution in [-0.4, -0.2) is 104 Å². The second-order valence-corrected chi connectivity index (χ2v) is 13.0. The van der Waals surface area contributed by atoms with Gasteiger partial charge in [-0.2, -0.15) is 0 Å². The number of methoxy groups -OCH3 is 1. The first-order chi connectivity index (χ1) is 26.4. The highest BCUT2D eigenvalue weighted by Crippen LogP contribution is 2.25. The predicted molar refractivity (Wildman–Crippen MR) is 199 cm³/mol. The zero-order valence-corrected chi connectivity index (χ0v) is 30.7. The molecule has 4 rings (SSSR count). The lowest BCUT2D eigenvalue weighted by Crippen LogP contribution is -2.53. The molecule has 0 saturated carbocycles. The van der Waals surface area contributed by atoms with Gasteiger partial charge in [-0.3, -0.25) is 9.59 Å². The largest absolute Gasteiger partial charge is 0.465 e. The Bertz CT molecular complexity index is 1830. The smallest absolute Gasteiger partial charge is 0.407 e. The number of alkyl carbamates (subject to hydrolysis) is 1. The van der Waals surface area contributed by atoms with Gasteiger partial charge >= 0.3 is 12.1 Å². The number of carbonyl (C=O) groups excluding carboxylic acids is 4. The van der Waals surface area contributed by atoms with Gasteiger partial charge in [-0.1, -0.05) is 78.0 Å². The van der Waals surface area contributed by atoms with E-state index in [2.05, 4.69) is 26.3 Å². The molecule has 0 radical (unpaired) electrons. The lowest BCUT2D eigenvalue weighted by Gasteiger charge is -2.32. The highest BCUT2D eigenvalue weighted by atomic mass is 16.6. The molecule has 0 bridgehead atoms. The normalized spacial score (nSPS) is 14.4. The van der Waals surface area contributed by atoms with E-state index in [1.165, 1.54) is 13.1 Å². The summed E-state index contributed by atoms with van der Waals surface area (Å²) in [5, 5.41) is 59.8. The molecule has 55 heavy (non-hydrogen) atoms. The van der Waals surface area contributed by atoms with Crippen LogP contribution in [0.2, 0.25) is 0 Å². The Balaban J connectivity index is 1.28. The molecule has 7 N–H and O–H groups in total. The van der Waals surface area contributed by atoms with Crippen molar-refractivity contribution in [2.24, 2.45) is 0 Å². The Morgan fingerprint density at radius 1 is 0.836 bits per heavy atom. The van der Waals surface area contributed by atoms with Crippen molar-refractivity contribution in [1.29, 1.82) is 0 Å². The molecule has 0 spiro atoms. The number of hydrogen-bond acceptors (Lipinski definition) is 12. The Morgan fingerprint density at radius 2 is 1.49 bits per heavy atom. The maximum absolute atomic E-state index is 12.9. The summed E-state index contributed by atoms with van der Waals surface area (Å²) >= 11 is 0. The van der Waals surface area contributed by atoms with Crippen molar-refractivity contribution in [2.75, 3.05) is 20.2 Å². The van der Waals surface area contributed by atoms with E-state index < -0.39 is 66.8 Å². The molecule has 294 valence electrons. The zero-order valence-electron chi connectivity index (χ0n) is 30.7. The van der Waals surface area contributed by atoms with Crippen LogP contribution in [0.25, 0.3) is 11.1 Å². The number of hydrogen-bond donors (Lipinski definition) is 7. The molecule has 1 aromatic heterocycles. The number of ether oxygens (including phenoxy) is 2. The summed E-state index contributed by atoms with van der Waals surface area (Å²) in [7, 11) is 1.03. The van der Waals surface area contributed by atoms with Crippen LogP contribution in [0.3, 0.4) is 0 Å². The van der Waals surface area contributed by atoms with E-state index in [0.717, 1.165) is 28.5 Å². The molecule has 0 aliphatic carbocycles. The molecule has 3 unspecified atom stereocenters. The van der Waals surface area contributed by atoms with Gasteiger partial charge in [0.25, 0.3) is 11.6 Å². The average molecular weight is 761 g/mol. The van der Waals surface area contributed by atoms with Gasteiger partial charge in [-0.15, -0.1) is 5.10 Å². The number of aliphatic hydroxyl groups is 4. The summed E-state index contributed by atoms with van der Waals surface area (Å²) in [4.78, 5) is 49.7. The lowest BCUT2D eigenvalue weighted by molar-refractivity contribution is -0.183. The Kier molecular flexibility index (Phi) is 15.8. The van der Waals surface area contributed by atoms with Crippen molar-refractivity contribution < 1.29 is 49.1 Å². The van der Waals surface area contributed by atoms with Crippen LogP contribution in [0, 0.1) is 0 Å². The van der Waals surface area contributed by atoms with Crippen molar-refractivity contribution in [3.8, 4) is 11.1 Å². The third-order valence-corrected chi connectivity index (χ3v) is 8.79. The number of nitrogens with one attached hydrogen (secondary N) is 3. The minimum Gasteiger partial charge on any atom is -0.465 e. The summed E-state index contributed by atoms with van der Waals surface area (Å²) in [6.07, 6.45) is -3.66. The topological polar surface area (TPSA) is 234 Å².